The van der Waals surface area contributed by atoms with E-state index >= 15 is 0 Å². The van der Waals surface area contributed by atoms with Crippen molar-refractivity contribution in [3.8, 4) is 10.4 Å². The lowest BCUT2D eigenvalue weighted by atomic mass is 10.0. The third-order valence-corrected chi connectivity index (χ3v) is 4.98. The van der Waals surface area contributed by atoms with Crippen LogP contribution in [0.2, 0.25) is 0 Å². The maximum atomic E-state index is 12.4. The number of carbonyl (C=O) groups excluding carboxylic acids is 1. The fraction of sp³-hybridized carbons (Fsp3) is 0.200. The zero-order valence-corrected chi connectivity index (χ0v) is 14.1. The fourth-order valence-corrected chi connectivity index (χ4v) is 3.41. The molecule has 2 aromatic heterocycles. The van der Waals surface area contributed by atoms with Gasteiger partial charge in [-0.15, -0.1) is 11.3 Å². The Labute approximate surface area is 140 Å². The molecule has 1 aromatic carbocycles. The summed E-state index contributed by atoms with van der Waals surface area (Å²) in [5.41, 5.74) is 3.45. The number of hydrogen-bond acceptors (Lipinski definition) is 3. The van der Waals surface area contributed by atoms with Crippen molar-refractivity contribution < 1.29 is 4.79 Å². The third-order valence-electron chi connectivity index (χ3n) is 3.81. The molecule has 0 radical (unpaired) electrons. The van der Waals surface area contributed by atoms with Gasteiger partial charge in [-0.2, -0.15) is 0 Å². The lowest BCUT2D eigenvalue weighted by Gasteiger charge is -2.06. The molecule has 0 spiro atoms. The number of nitrogens with zero attached hydrogens (tertiary/aromatic N) is 1. The predicted molar refractivity (Wildman–Crippen MR) is 96.1 cm³/mol. The van der Waals surface area contributed by atoms with E-state index in [0.717, 1.165) is 15.3 Å². The van der Waals surface area contributed by atoms with E-state index in [9.17, 15) is 4.79 Å². The van der Waals surface area contributed by atoms with E-state index in [4.69, 9.17) is 0 Å². The van der Waals surface area contributed by atoms with Crippen LogP contribution in [0.3, 0.4) is 0 Å². The van der Waals surface area contributed by atoms with E-state index in [-0.39, 0.29) is 5.78 Å². The predicted octanol–water partition coefficient (Wildman–Crippen LogP) is 5.36. The summed E-state index contributed by atoms with van der Waals surface area (Å²) in [5, 5.41) is 0. The van der Waals surface area contributed by atoms with Gasteiger partial charge in [0.2, 0.25) is 0 Å². The molecule has 0 aliphatic heterocycles. The maximum absolute atomic E-state index is 12.4. The second-order valence-electron chi connectivity index (χ2n) is 5.91. The van der Waals surface area contributed by atoms with Crippen molar-refractivity contribution in [1.82, 2.24) is 4.98 Å². The number of hydrogen-bond donors (Lipinski definition) is 0. The minimum absolute atomic E-state index is 0.147. The van der Waals surface area contributed by atoms with Gasteiger partial charge in [0.05, 0.1) is 4.88 Å². The third kappa shape index (κ3) is 3.74. The Morgan fingerprint density at radius 3 is 2.74 bits per heavy atom. The molecule has 2 nitrogen and oxygen atoms in total. The molecular formula is C20H19NOS. The van der Waals surface area contributed by atoms with Gasteiger partial charge in [-0.3, -0.25) is 9.78 Å². The molecule has 3 aromatic rings. The first-order chi connectivity index (χ1) is 11.1. The fourth-order valence-electron chi connectivity index (χ4n) is 2.47. The molecular weight excluding hydrogens is 302 g/mol. The highest BCUT2D eigenvalue weighted by molar-refractivity contribution is 7.17. The van der Waals surface area contributed by atoms with Crippen LogP contribution in [0.25, 0.3) is 10.4 Å². The van der Waals surface area contributed by atoms with Gasteiger partial charge >= 0.3 is 0 Å². The molecule has 0 atom stereocenters. The van der Waals surface area contributed by atoms with E-state index in [1.807, 2.05) is 24.3 Å². The van der Waals surface area contributed by atoms with Crippen LogP contribution >= 0.6 is 11.3 Å². The van der Waals surface area contributed by atoms with Crippen LogP contribution in [0.15, 0.2) is 60.9 Å². The molecule has 0 saturated carbocycles. The SMILES string of the molecule is CC(C)c1cccc(-c2ccc(C(=O)Cc3cccnc3)s2)c1. The average molecular weight is 321 g/mol. The van der Waals surface area contributed by atoms with E-state index < -0.39 is 0 Å². The molecule has 0 aliphatic rings. The minimum atomic E-state index is 0.147. The summed E-state index contributed by atoms with van der Waals surface area (Å²) in [6, 6.07) is 16.3. The van der Waals surface area contributed by atoms with Crippen molar-refractivity contribution in [3.05, 3.63) is 76.9 Å². The summed E-state index contributed by atoms with van der Waals surface area (Å²) in [6.07, 6.45) is 3.87. The zero-order chi connectivity index (χ0) is 16.2. The number of ketones is 1. The van der Waals surface area contributed by atoms with E-state index in [1.54, 1.807) is 23.7 Å². The van der Waals surface area contributed by atoms with Gasteiger partial charge in [-0.05, 0) is 40.8 Å². The normalized spacial score (nSPS) is 10.9. The summed E-state index contributed by atoms with van der Waals surface area (Å²) < 4.78 is 0. The van der Waals surface area contributed by atoms with Crippen LogP contribution in [0.4, 0.5) is 0 Å². The van der Waals surface area contributed by atoms with Crippen LogP contribution in [0.5, 0.6) is 0 Å². The first kappa shape index (κ1) is 15.6. The molecule has 3 rings (SSSR count). The summed E-state index contributed by atoms with van der Waals surface area (Å²) >= 11 is 1.56. The van der Waals surface area contributed by atoms with Crippen LogP contribution in [-0.4, -0.2) is 10.8 Å². The van der Waals surface area contributed by atoms with Gasteiger partial charge in [0, 0.05) is 23.7 Å². The quantitative estimate of drug-likeness (QED) is 0.592. The maximum Gasteiger partial charge on any atom is 0.177 e. The Kier molecular flexibility index (Phi) is 4.68. The number of pyridine rings is 1. The Bertz CT molecular complexity index is 805. The second kappa shape index (κ2) is 6.88. The first-order valence-corrected chi connectivity index (χ1v) is 8.57. The highest BCUT2D eigenvalue weighted by Gasteiger charge is 2.12. The number of benzene rings is 1. The number of carbonyl (C=O) groups is 1. The Morgan fingerprint density at radius 1 is 1.13 bits per heavy atom. The first-order valence-electron chi connectivity index (χ1n) is 7.76. The molecule has 0 amide bonds. The van der Waals surface area contributed by atoms with Gasteiger partial charge in [0.15, 0.2) is 5.78 Å². The van der Waals surface area contributed by atoms with Crippen molar-refractivity contribution in [3.63, 3.8) is 0 Å². The number of aromatic nitrogens is 1. The van der Waals surface area contributed by atoms with Gasteiger partial charge < -0.3 is 0 Å². The Hall–Kier alpha value is -2.26. The van der Waals surface area contributed by atoms with E-state index in [0.29, 0.717) is 12.3 Å². The van der Waals surface area contributed by atoms with Crippen LogP contribution < -0.4 is 0 Å². The van der Waals surface area contributed by atoms with Crippen molar-refractivity contribution in [2.45, 2.75) is 26.2 Å². The van der Waals surface area contributed by atoms with Crippen LogP contribution in [0, 0.1) is 0 Å². The summed E-state index contributed by atoms with van der Waals surface area (Å²) in [6.45, 7) is 4.38. The lowest BCUT2D eigenvalue weighted by molar-refractivity contribution is 0.0996. The van der Waals surface area contributed by atoms with Crippen LogP contribution in [-0.2, 0) is 6.42 Å². The van der Waals surface area contributed by atoms with Crippen LogP contribution in [0.1, 0.15) is 40.6 Å². The van der Waals surface area contributed by atoms with E-state index in [1.165, 1.54) is 11.1 Å². The van der Waals surface area contributed by atoms with Gasteiger partial charge in [0.1, 0.15) is 0 Å². The molecule has 0 aliphatic carbocycles. The number of thiophene rings is 1. The topological polar surface area (TPSA) is 30.0 Å². The Morgan fingerprint density at radius 2 is 2.00 bits per heavy atom. The van der Waals surface area contributed by atoms with Crippen molar-refractivity contribution >= 4 is 17.1 Å². The molecule has 0 unspecified atom stereocenters. The average Bonchev–Trinajstić information content (AvgIpc) is 3.06. The molecule has 0 fully saturated rings. The number of rotatable bonds is 5. The highest BCUT2D eigenvalue weighted by atomic mass is 32.1. The summed E-state index contributed by atoms with van der Waals surface area (Å²) in [7, 11) is 0. The standard InChI is InChI=1S/C20H19NOS/c1-14(2)16-6-3-7-17(12-16)19-8-9-20(23-19)18(22)11-15-5-4-10-21-13-15/h3-10,12-14H,11H2,1-2H3. The van der Waals surface area contributed by atoms with Crippen molar-refractivity contribution in [2.24, 2.45) is 0 Å². The second-order valence-corrected chi connectivity index (χ2v) is 6.99. The summed E-state index contributed by atoms with van der Waals surface area (Å²) in [4.78, 5) is 18.4. The Balaban J connectivity index is 1.80. The van der Waals surface area contributed by atoms with Gasteiger partial charge in [-0.25, -0.2) is 0 Å². The smallest absolute Gasteiger partial charge is 0.177 e. The highest BCUT2D eigenvalue weighted by Crippen LogP contribution is 2.30. The monoisotopic (exact) mass is 321 g/mol. The molecule has 3 heteroatoms. The van der Waals surface area contributed by atoms with Crippen molar-refractivity contribution in [2.75, 3.05) is 0 Å². The molecule has 0 saturated heterocycles. The molecule has 0 bridgehead atoms. The van der Waals surface area contributed by atoms with Crippen molar-refractivity contribution in [1.29, 1.82) is 0 Å². The van der Waals surface area contributed by atoms with Gasteiger partial charge in [-0.1, -0.05) is 44.2 Å². The molecule has 116 valence electrons. The van der Waals surface area contributed by atoms with Gasteiger partial charge in [0.25, 0.3) is 0 Å². The van der Waals surface area contributed by atoms with E-state index in [2.05, 4.69) is 43.1 Å². The molecule has 2 heterocycles. The molecule has 23 heavy (non-hydrogen) atoms. The lowest BCUT2D eigenvalue weighted by Crippen LogP contribution is -2.01. The number of Topliss-reactive ketones (excluding diaryl/α,β-unsaturated/α-hetero) is 1. The summed E-state index contributed by atoms with van der Waals surface area (Å²) in [5.74, 6) is 0.649. The largest absolute Gasteiger partial charge is 0.293 e. The molecule has 0 N–H and O–H groups in total. The minimum Gasteiger partial charge on any atom is -0.293 e. The zero-order valence-electron chi connectivity index (χ0n) is 13.3.